The number of rotatable bonds is 3. The van der Waals surface area contributed by atoms with E-state index in [0.29, 0.717) is 0 Å². The summed E-state index contributed by atoms with van der Waals surface area (Å²) in [4.78, 5) is 22.8. The molecule has 0 aliphatic heterocycles. The molecule has 0 unspecified atom stereocenters. The third-order valence-electron chi connectivity index (χ3n) is 2.25. The Kier molecular flexibility index (Phi) is 5.57. The van der Waals surface area contributed by atoms with Crippen molar-refractivity contribution in [2.45, 2.75) is 39.0 Å². The number of carbonyl (C=O) groups is 2. The van der Waals surface area contributed by atoms with Gasteiger partial charge in [-0.1, -0.05) is 0 Å². The molecular formula is C14H16F4N2O3. The summed E-state index contributed by atoms with van der Waals surface area (Å²) in [6, 6.07) is 2.97. The van der Waals surface area contributed by atoms with Crippen molar-refractivity contribution < 1.29 is 31.9 Å². The summed E-state index contributed by atoms with van der Waals surface area (Å²) < 4.78 is 54.8. The van der Waals surface area contributed by atoms with Gasteiger partial charge in [-0.05, 0) is 39.0 Å². The summed E-state index contributed by atoms with van der Waals surface area (Å²) in [5, 5.41) is 4.09. The van der Waals surface area contributed by atoms with Crippen LogP contribution in [0.3, 0.4) is 0 Å². The maximum atomic E-state index is 13.6. The van der Waals surface area contributed by atoms with Gasteiger partial charge in [0.2, 0.25) is 5.91 Å². The number of halogens is 4. The molecule has 1 aromatic rings. The third-order valence-corrected chi connectivity index (χ3v) is 2.25. The van der Waals surface area contributed by atoms with Crippen LogP contribution >= 0.6 is 0 Å². The maximum absolute atomic E-state index is 13.6. The second kappa shape index (κ2) is 6.84. The van der Waals surface area contributed by atoms with Gasteiger partial charge < -0.3 is 10.1 Å². The third kappa shape index (κ3) is 7.48. The van der Waals surface area contributed by atoms with E-state index in [-0.39, 0.29) is 11.4 Å². The number of anilines is 2. The van der Waals surface area contributed by atoms with Crippen LogP contribution in [-0.2, 0) is 9.53 Å². The molecule has 9 heteroatoms. The lowest BCUT2D eigenvalue weighted by Crippen LogP contribution is -2.27. The molecule has 0 fully saturated rings. The van der Waals surface area contributed by atoms with Gasteiger partial charge in [-0.3, -0.25) is 10.1 Å². The highest BCUT2D eigenvalue weighted by atomic mass is 19.4. The molecule has 0 aliphatic rings. The van der Waals surface area contributed by atoms with Crippen molar-refractivity contribution in [1.29, 1.82) is 0 Å². The van der Waals surface area contributed by atoms with E-state index < -0.39 is 36.0 Å². The van der Waals surface area contributed by atoms with Gasteiger partial charge >= 0.3 is 12.3 Å². The Bertz CT molecular complexity index is 595. The lowest BCUT2D eigenvalue weighted by atomic mass is 10.2. The highest BCUT2D eigenvalue weighted by Gasteiger charge is 2.31. The molecule has 2 amide bonds. The average Bonchev–Trinajstić information content (AvgIpc) is 2.28. The van der Waals surface area contributed by atoms with Crippen molar-refractivity contribution >= 4 is 23.4 Å². The summed E-state index contributed by atoms with van der Waals surface area (Å²) in [5.74, 6) is -2.13. The van der Waals surface area contributed by atoms with Crippen LogP contribution in [0, 0.1) is 5.82 Å². The van der Waals surface area contributed by atoms with Crippen LogP contribution in [0.1, 0.15) is 27.2 Å². The van der Waals surface area contributed by atoms with Gasteiger partial charge in [0.25, 0.3) is 0 Å². The SMILES string of the molecule is CC(C)(C)OC(=O)Nc1cc(NC(=O)CC(F)(F)F)ccc1F. The van der Waals surface area contributed by atoms with E-state index in [1.807, 2.05) is 5.32 Å². The summed E-state index contributed by atoms with van der Waals surface area (Å²) >= 11 is 0. The second-order valence-electron chi connectivity index (χ2n) is 5.66. The van der Waals surface area contributed by atoms with Crippen LogP contribution in [0.2, 0.25) is 0 Å². The van der Waals surface area contributed by atoms with Gasteiger partial charge in [0.05, 0.1) is 5.69 Å². The van der Waals surface area contributed by atoms with E-state index in [9.17, 15) is 27.2 Å². The quantitative estimate of drug-likeness (QED) is 0.818. The van der Waals surface area contributed by atoms with Crippen molar-refractivity contribution in [2.24, 2.45) is 0 Å². The van der Waals surface area contributed by atoms with E-state index in [1.165, 1.54) is 0 Å². The molecule has 0 saturated carbocycles. The van der Waals surface area contributed by atoms with Crippen LogP contribution < -0.4 is 10.6 Å². The summed E-state index contributed by atoms with van der Waals surface area (Å²) in [6.45, 7) is 4.82. The number of amides is 2. The molecule has 23 heavy (non-hydrogen) atoms. The summed E-state index contributed by atoms with van der Waals surface area (Å²) in [7, 11) is 0. The number of ether oxygens (including phenoxy) is 1. The van der Waals surface area contributed by atoms with E-state index >= 15 is 0 Å². The zero-order valence-corrected chi connectivity index (χ0v) is 12.7. The van der Waals surface area contributed by atoms with Gasteiger partial charge in [-0.25, -0.2) is 9.18 Å². The minimum absolute atomic E-state index is 0.0910. The van der Waals surface area contributed by atoms with E-state index in [2.05, 4.69) is 5.32 Å². The standard InChI is InChI=1S/C14H16F4N2O3/c1-13(2,3)23-12(22)20-10-6-8(4-5-9(10)15)19-11(21)7-14(16,17)18/h4-6H,7H2,1-3H3,(H,19,21)(H,20,22). The number of benzene rings is 1. The van der Waals surface area contributed by atoms with Crippen LogP contribution in [0.5, 0.6) is 0 Å². The number of alkyl halides is 3. The number of nitrogens with one attached hydrogen (secondary N) is 2. The number of hydrogen-bond acceptors (Lipinski definition) is 3. The molecule has 0 atom stereocenters. The first-order valence-corrected chi connectivity index (χ1v) is 6.52. The summed E-state index contributed by atoms with van der Waals surface area (Å²) in [6.07, 6.45) is -7.25. The minimum atomic E-state index is -4.65. The smallest absolute Gasteiger partial charge is 0.412 e. The van der Waals surface area contributed by atoms with Gasteiger partial charge in [0.1, 0.15) is 17.8 Å². The number of carbonyl (C=O) groups excluding carboxylic acids is 2. The molecule has 0 saturated heterocycles. The number of hydrogen-bond donors (Lipinski definition) is 2. The molecule has 0 aromatic heterocycles. The molecule has 2 N–H and O–H groups in total. The Labute approximate surface area is 130 Å². The molecular weight excluding hydrogens is 320 g/mol. The van der Waals surface area contributed by atoms with Crippen molar-refractivity contribution in [3.8, 4) is 0 Å². The normalized spacial score (nSPS) is 11.8. The maximum Gasteiger partial charge on any atom is 0.412 e. The molecule has 1 aromatic carbocycles. The van der Waals surface area contributed by atoms with Crippen LogP contribution in [0.25, 0.3) is 0 Å². The predicted molar refractivity (Wildman–Crippen MR) is 75.6 cm³/mol. The first-order valence-electron chi connectivity index (χ1n) is 6.52. The van der Waals surface area contributed by atoms with Crippen molar-refractivity contribution in [3.05, 3.63) is 24.0 Å². The Morgan fingerprint density at radius 1 is 1.13 bits per heavy atom. The lowest BCUT2D eigenvalue weighted by Gasteiger charge is -2.20. The van der Waals surface area contributed by atoms with Crippen LogP contribution in [-0.4, -0.2) is 23.8 Å². The molecule has 5 nitrogen and oxygen atoms in total. The molecule has 0 heterocycles. The largest absolute Gasteiger partial charge is 0.444 e. The van der Waals surface area contributed by atoms with Gasteiger partial charge in [0, 0.05) is 5.69 Å². The minimum Gasteiger partial charge on any atom is -0.444 e. The Morgan fingerprint density at radius 2 is 1.74 bits per heavy atom. The van der Waals surface area contributed by atoms with E-state index in [1.54, 1.807) is 20.8 Å². The summed E-state index contributed by atoms with van der Waals surface area (Å²) in [5.41, 5.74) is -1.23. The molecule has 0 aliphatic carbocycles. The van der Waals surface area contributed by atoms with Crippen LogP contribution in [0.15, 0.2) is 18.2 Å². The van der Waals surface area contributed by atoms with Crippen molar-refractivity contribution in [1.82, 2.24) is 0 Å². The van der Waals surface area contributed by atoms with Gasteiger partial charge in [-0.2, -0.15) is 13.2 Å². The molecule has 0 radical (unpaired) electrons. The zero-order chi connectivity index (χ0) is 17.8. The molecule has 1 rings (SSSR count). The molecule has 0 spiro atoms. The van der Waals surface area contributed by atoms with E-state index in [4.69, 9.17) is 4.74 Å². The highest BCUT2D eigenvalue weighted by molar-refractivity contribution is 5.92. The van der Waals surface area contributed by atoms with Crippen LogP contribution in [0.4, 0.5) is 33.7 Å². The molecule has 0 bridgehead atoms. The monoisotopic (exact) mass is 336 g/mol. The predicted octanol–water partition coefficient (Wildman–Crippen LogP) is 4.06. The van der Waals surface area contributed by atoms with Crippen molar-refractivity contribution in [2.75, 3.05) is 10.6 Å². The first-order chi connectivity index (χ1) is 10.4. The topological polar surface area (TPSA) is 67.4 Å². The fourth-order valence-electron chi connectivity index (χ4n) is 1.50. The zero-order valence-electron chi connectivity index (χ0n) is 12.7. The highest BCUT2D eigenvalue weighted by Crippen LogP contribution is 2.23. The lowest BCUT2D eigenvalue weighted by molar-refractivity contribution is -0.150. The second-order valence-corrected chi connectivity index (χ2v) is 5.66. The first kappa shape index (κ1) is 18.7. The Balaban J connectivity index is 2.79. The fraction of sp³-hybridized carbons (Fsp3) is 0.429. The van der Waals surface area contributed by atoms with Gasteiger partial charge in [0.15, 0.2) is 0 Å². The van der Waals surface area contributed by atoms with E-state index in [0.717, 1.165) is 18.2 Å². The van der Waals surface area contributed by atoms with Crippen molar-refractivity contribution in [3.63, 3.8) is 0 Å². The molecule has 128 valence electrons. The fourth-order valence-corrected chi connectivity index (χ4v) is 1.50. The average molecular weight is 336 g/mol. The Hall–Kier alpha value is -2.32. The van der Waals surface area contributed by atoms with Gasteiger partial charge in [-0.15, -0.1) is 0 Å². The Morgan fingerprint density at radius 3 is 2.26 bits per heavy atom.